The molecule has 0 radical (unpaired) electrons. The van der Waals surface area contributed by atoms with E-state index in [2.05, 4.69) is 12.1 Å². The van der Waals surface area contributed by atoms with Crippen molar-refractivity contribution in [1.29, 1.82) is 0 Å². The van der Waals surface area contributed by atoms with Crippen molar-refractivity contribution in [2.24, 2.45) is 0 Å². The van der Waals surface area contributed by atoms with E-state index in [0.29, 0.717) is 6.61 Å². The van der Waals surface area contributed by atoms with Crippen molar-refractivity contribution in [2.45, 2.75) is 6.92 Å². The first-order chi connectivity index (χ1) is 7.65. The number of rotatable bonds is 6. The molecule has 0 heterocycles. The number of hydroxylamine groups is 1. The third kappa shape index (κ3) is 3.20. The van der Waals surface area contributed by atoms with Gasteiger partial charge in [-0.05, 0) is 25.6 Å². The summed E-state index contributed by atoms with van der Waals surface area (Å²) >= 11 is 0. The zero-order valence-electron chi connectivity index (χ0n) is 8.90. The van der Waals surface area contributed by atoms with Gasteiger partial charge in [0.1, 0.15) is 5.56 Å². The van der Waals surface area contributed by atoms with Crippen LogP contribution in [0, 0.1) is 0 Å². The normalized spacial score (nSPS) is 9.31. The summed E-state index contributed by atoms with van der Waals surface area (Å²) in [6.07, 6.45) is 0. The number of carboxylic acids is 1. The molecule has 1 aromatic rings. The fourth-order valence-electron chi connectivity index (χ4n) is 1.05. The molecule has 5 heteroatoms. The third-order valence-corrected chi connectivity index (χ3v) is 1.71. The van der Waals surface area contributed by atoms with Crippen molar-refractivity contribution in [3.8, 4) is 5.75 Å². The summed E-state index contributed by atoms with van der Waals surface area (Å²) in [6, 6.07) is 6.28. The van der Waals surface area contributed by atoms with Gasteiger partial charge in [-0.3, -0.25) is 0 Å². The second-order valence-electron chi connectivity index (χ2n) is 2.86. The number of para-hydroxylation sites is 1. The molecule has 0 fully saturated rings. The fraction of sp³-hybridized carbons (Fsp3) is 0.182. The number of ether oxygens (including phenoxy) is 1. The molecule has 16 heavy (non-hydrogen) atoms. The quantitative estimate of drug-likeness (QED) is 0.568. The topological polar surface area (TPSA) is 67.8 Å². The number of hydrogen-bond acceptors (Lipinski definition) is 4. The van der Waals surface area contributed by atoms with Crippen LogP contribution in [-0.2, 0) is 4.74 Å². The van der Waals surface area contributed by atoms with Crippen molar-refractivity contribution < 1.29 is 19.5 Å². The van der Waals surface area contributed by atoms with Crippen LogP contribution < -0.4 is 10.3 Å². The average Bonchev–Trinajstić information content (AvgIpc) is 2.27. The van der Waals surface area contributed by atoms with Gasteiger partial charge in [0.2, 0.25) is 5.88 Å². The van der Waals surface area contributed by atoms with Crippen LogP contribution in [0.25, 0.3) is 0 Å². The van der Waals surface area contributed by atoms with Crippen molar-refractivity contribution in [3.63, 3.8) is 0 Å². The Kier molecular flexibility index (Phi) is 4.20. The largest absolute Gasteiger partial charge is 0.478 e. The van der Waals surface area contributed by atoms with Crippen molar-refractivity contribution in [1.82, 2.24) is 5.48 Å². The van der Waals surface area contributed by atoms with Crippen LogP contribution in [0.3, 0.4) is 0 Å². The smallest absolute Gasteiger partial charge is 0.339 e. The lowest BCUT2D eigenvalue weighted by Crippen LogP contribution is -2.20. The Morgan fingerprint density at radius 2 is 2.19 bits per heavy atom. The van der Waals surface area contributed by atoms with Crippen LogP contribution in [0.15, 0.2) is 36.7 Å². The lowest BCUT2D eigenvalue weighted by Gasteiger charge is -2.11. The first-order valence-corrected chi connectivity index (χ1v) is 4.72. The van der Waals surface area contributed by atoms with Crippen LogP contribution in [0.5, 0.6) is 5.75 Å². The fourth-order valence-corrected chi connectivity index (χ4v) is 1.05. The van der Waals surface area contributed by atoms with E-state index >= 15 is 0 Å². The molecule has 5 nitrogen and oxygen atoms in total. The molecule has 2 N–H and O–H groups in total. The summed E-state index contributed by atoms with van der Waals surface area (Å²) < 4.78 is 4.99. The monoisotopic (exact) mass is 223 g/mol. The highest BCUT2D eigenvalue weighted by Gasteiger charge is 2.10. The Balaban J connectivity index is 2.66. The van der Waals surface area contributed by atoms with E-state index in [9.17, 15) is 4.79 Å². The van der Waals surface area contributed by atoms with Gasteiger partial charge in [0, 0.05) is 0 Å². The maximum absolute atomic E-state index is 10.8. The van der Waals surface area contributed by atoms with Crippen LogP contribution >= 0.6 is 0 Å². The Hall–Kier alpha value is -2.17. The number of carboxylic acid groups (broad SMARTS) is 1. The highest BCUT2D eigenvalue weighted by molar-refractivity contribution is 5.90. The van der Waals surface area contributed by atoms with E-state index in [1.165, 1.54) is 12.1 Å². The predicted octanol–water partition coefficient (Wildman–Crippen LogP) is 1.78. The molecule has 0 saturated heterocycles. The second kappa shape index (κ2) is 5.65. The summed E-state index contributed by atoms with van der Waals surface area (Å²) in [5.74, 6) is -0.627. The van der Waals surface area contributed by atoms with Crippen LogP contribution in [-0.4, -0.2) is 17.7 Å². The molecule has 1 aromatic carbocycles. The van der Waals surface area contributed by atoms with Gasteiger partial charge in [-0.15, -0.1) is 0 Å². The lowest BCUT2D eigenvalue weighted by molar-refractivity contribution is 0.0681. The van der Waals surface area contributed by atoms with Crippen LogP contribution in [0.4, 0.5) is 0 Å². The predicted molar refractivity (Wildman–Crippen MR) is 57.9 cm³/mol. The summed E-state index contributed by atoms with van der Waals surface area (Å²) in [5.41, 5.74) is 2.48. The molecule has 0 spiro atoms. The van der Waals surface area contributed by atoms with Crippen molar-refractivity contribution in [2.75, 3.05) is 6.61 Å². The Morgan fingerprint density at radius 1 is 1.50 bits per heavy atom. The van der Waals surface area contributed by atoms with E-state index in [0.717, 1.165) is 0 Å². The molecule has 0 aliphatic rings. The summed E-state index contributed by atoms with van der Waals surface area (Å²) in [6.45, 7) is 5.79. The molecule has 0 atom stereocenters. The Labute approximate surface area is 93.3 Å². The van der Waals surface area contributed by atoms with Gasteiger partial charge in [0.25, 0.3) is 0 Å². The van der Waals surface area contributed by atoms with Crippen LogP contribution in [0.1, 0.15) is 17.3 Å². The van der Waals surface area contributed by atoms with Gasteiger partial charge >= 0.3 is 5.97 Å². The zero-order valence-corrected chi connectivity index (χ0v) is 8.90. The van der Waals surface area contributed by atoms with Gasteiger partial charge < -0.3 is 14.7 Å². The molecule has 86 valence electrons. The minimum atomic E-state index is -1.06. The number of carbonyl (C=O) groups is 1. The molecule has 0 aromatic heterocycles. The zero-order chi connectivity index (χ0) is 12.0. The highest BCUT2D eigenvalue weighted by Crippen LogP contribution is 2.16. The highest BCUT2D eigenvalue weighted by atomic mass is 16.7. The minimum Gasteiger partial charge on any atom is -0.478 e. The molecule has 1 rings (SSSR count). The van der Waals surface area contributed by atoms with E-state index in [1.807, 2.05) is 0 Å². The molecular weight excluding hydrogens is 210 g/mol. The summed E-state index contributed by atoms with van der Waals surface area (Å²) in [4.78, 5) is 15.9. The van der Waals surface area contributed by atoms with E-state index in [4.69, 9.17) is 14.7 Å². The number of benzene rings is 1. The van der Waals surface area contributed by atoms with Gasteiger partial charge in [-0.2, -0.15) is 5.48 Å². The molecule has 0 amide bonds. The number of nitrogens with one attached hydrogen (secondary N) is 1. The first kappa shape index (κ1) is 11.9. The van der Waals surface area contributed by atoms with Crippen molar-refractivity contribution in [3.05, 3.63) is 42.3 Å². The second-order valence-corrected chi connectivity index (χ2v) is 2.86. The SMILES string of the molecule is C=C(NOc1ccccc1C(=O)O)OCC. The lowest BCUT2D eigenvalue weighted by atomic mass is 10.2. The Bertz CT molecular complexity index is 389. The molecule has 0 bridgehead atoms. The van der Waals surface area contributed by atoms with Gasteiger partial charge in [-0.1, -0.05) is 12.1 Å². The number of hydrogen-bond donors (Lipinski definition) is 2. The summed E-state index contributed by atoms with van der Waals surface area (Å²) in [5, 5.41) is 8.87. The van der Waals surface area contributed by atoms with Crippen LogP contribution in [0.2, 0.25) is 0 Å². The van der Waals surface area contributed by atoms with Gasteiger partial charge in [-0.25, -0.2) is 4.79 Å². The first-order valence-electron chi connectivity index (χ1n) is 4.72. The summed E-state index contributed by atoms with van der Waals surface area (Å²) in [7, 11) is 0. The van der Waals surface area contributed by atoms with E-state index < -0.39 is 5.97 Å². The maximum Gasteiger partial charge on any atom is 0.339 e. The number of aromatic carboxylic acids is 1. The average molecular weight is 223 g/mol. The standard InChI is InChI=1S/C11H13NO4/c1-3-15-8(2)12-16-10-7-5-4-6-9(10)11(13)14/h4-7,12H,2-3H2,1H3,(H,13,14). The van der Waals surface area contributed by atoms with E-state index in [1.54, 1.807) is 19.1 Å². The van der Waals surface area contributed by atoms with Gasteiger partial charge in [0.15, 0.2) is 5.75 Å². The van der Waals surface area contributed by atoms with Gasteiger partial charge in [0.05, 0.1) is 6.61 Å². The molecule has 0 aliphatic heterocycles. The molecule has 0 unspecified atom stereocenters. The Morgan fingerprint density at radius 3 is 2.81 bits per heavy atom. The maximum atomic E-state index is 10.8. The molecular formula is C11H13NO4. The molecule has 0 saturated carbocycles. The molecule has 0 aliphatic carbocycles. The third-order valence-electron chi connectivity index (χ3n) is 1.71. The van der Waals surface area contributed by atoms with Crippen molar-refractivity contribution >= 4 is 5.97 Å². The minimum absolute atomic E-state index is 0.0688. The van der Waals surface area contributed by atoms with E-state index in [-0.39, 0.29) is 17.2 Å².